The van der Waals surface area contributed by atoms with Gasteiger partial charge in [0.1, 0.15) is 6.54 Å². The zero-order valence-electron chi connectivity index (χ0n) is 12.3. The lowest BCUT2D eigenvalue weighted by atomic mass is 9.95. The predicted molar refractivity (Wildman–Crippen MR) is 82.6 cm³/mol. The van der Waals surface area contributed by atoms with Crippen molar-refractivity contribution >= 4 is 5.91 Å². The number of carbonyl (C=O) groups excluding carboxylic acids is 1. The molecule has 0 radical (unpaired) electrons. The fraction of sp³-hybridized carbons (Fsp3) is 0.278. The van der Waals surface area contributed by atoms with Gasteiger partial charge in [-0.3, -0.25) is 4.79 Å². The molecular weight excluding hydrogens is 260 g/mol. The number of quaternary nitrogens is 1. The Morgan fingerprint density at radius 1 is 1.10 bits per heavy atom. The van der Waals surface area contributed by atoms with E-state index in [0.29, 0.717) is 0 Å². The number of rotatable bonds is 3. The van der Waals surface area contributed by atoms with Crippen LogP contribution in [0.4, 0.5) is 0 Å². The lowest BCUT2D eigenvalue weighted by Gasteiger charge is -2.24. The molecule has 1 aliphatic rings. The minimum atomic E-state index is -0.0222. The molecule has 1 amide bonds. The monoisotopic (exact) mass is 281 g/mol. The third-order valence-electron chi connectivity index (χ3n) is 4.18. The number of carbonyl (C=O) groups is 1. The molecule has 0 bridgehead atoms. The molecule has 0 unspecified atom stereocenters. The maximum Gasteiger partial charge on any atom is 0.279 e. The van der Waals surface area contributed by atoms with Crippen LogP contribution in [0.15, 0.2) is 54.6 Å². The molecule has 3 heteroatoms. The van der Waals surface area contributed by atoms with Gasteiger partial charge in [0.05, 0.1) is 6.04 Å². The van der Waals surface area contributed by atoms with Crippen molar-refractivity contribution in [3.8, 4) is 0 Å². The summed E-state index contributed by atoms with van der Waals surface area (Å²) in [5, 5.41) is 5.26. The summed E-state index contributed by atoms with van der Waals surface area (Å²) in [7, 11) is 0. The number of hydrogen-bond acceptors (Lipinski definition) is 1. The summed E-state index contributed by atoms with van der Waals surface area (Å²) in [4.78, 5) is 12.4. The summed E-state index contributed by atoms with van der Waals surface area (Å²) in [5.41, 5.74) is 3.78. The van der Waals surface area contributed by atoms with Crippen LogP contribution in [0.3, 0.4) is 0 Å². The molecule has 0 saturated carbocycles. The first-order chi connectivity index (χ1) is 10.2. The molecule has 0 saturated heterocycles. The van der Waals surface area contributed by atoms with Crippen molar-refractivity contribution in [2.24, 2.45) is 0 Å². The fourth-order valence-corrected chi connectivity index (χ4v) is 2.89. The first-order valence-electron chi connectivity index (χ1n) is 7.49. The van der Waals surface area contributed by atoms with E-state index in [4.69, 9.17) is 0 Å². The van der Waals surface area contributed by atoms with Gasteiger partial charge in [0, 0.05) is 12.0 Å². The van der Waals surface area contributed by atoms with Crippen molar-refractivity contribution in [3.63, 3.8) is 0 Å². The third-order valence-corrected chi connectivity index (χ3v) is 4.18. The van der Waals surface area contributed by atoms with Gasteiger partial charge in [0.25, 0.3) is 5.91 Å². The number of nitrogens with two attached hydrogens (primary N) is 1. The van der Waals surface area contributed by atoms with Crippen molar-refractivity contribution in [1.82, 2.24) is 5.32 Å². The second-order valence-corrected chi connectivity index (χ2v) is 5.66. The predicted octanol–water partition coefficient (Wildman–Crippen LogP) is 1.55. The minimum absolute atomic E-state index is 0.0222. The molecule has 0 fully saturated rings. The van der Waals surface area contributed by atoms with Gasteiger partial charge in [-0.15, -0.1) is 0 Å². The molecule has 21 heavy (non-hydrogen) atoms. The van der Waals surface area contributed by atoms with Crippen LogP contribution < -0.4 is 10.6 Å². The topological polar surface area (TPSA) is 45.7 Å². The van der Waals surface area contributed by atoms with Gasteiger partial charge < -0.3 is 10.6 Å². The Morgan fingerprint density at radius 3 is 2.52 bits per heavy atom. The second kappa shape index (κ2) is 6.10. The Bertz CT molecular complexity index is 624. The first kappa shape index (κ1) is 13.8. The summed E-state index contributed by atoms with van der Waals surface area (Å²) in [6.45, 7) is 2.91. The lowest BCUT2D eigenvalue weighted by Crippen LogP contribution is -2.93. The van der Waals surface area contributed by atoms with E-state index in [1.54, 1.807) is 0 Å². The number of amides is 1. The summed E-state index contributed by atoms with van der Waals surface area (Å²) in [5.74, 6) is 0.126. The van der Waals surface area contributed by atoms with Crippen LogP contribution in [0.2, 0.25) is 0 Å². The van der Waals surface area contributed by atoms with Gasteiger partial charge in [-0.1, -0.05) is 54.6 Å². The van der Waals surface area contributed by atoms with Gasteiger partial charge in [0.2, 0.25) is 0 Å². The molecule has 1 aliphatic heterocycles. The number of fused-ring (bicyclic) bond motifs is 1. The Balaban J connectivity index is 1.65. The fourth-order valence-electron chi connectivity index (χ4n) is 2.89. The quantitative estimate of drug-likeness (QED) is 0.881. The average molecular weight is 281 g/mol. The minimum Gasteiger partial charge on any atom is -0.344 e. The van der Waals surface area contributed by atoms with Gasteiger partial charge in [-0.2, -0.15) is 0 Å². The molecule has 0 aliphatic carbocycles. The van der Waals surface area contributed by atoms with E-state index in [0.717, 1.165) is 18.5 Å². The molecule has 1 heterocycles. The zero-order chi connectivity index (χ0) is 14.7. The highest BCUT2D eigenvalue weighted by molar-refractivity contribution is 5.81. The van der Waals surface area contributed by atoms with Crippen molar-refractivity contribution < 1.29 is 10.1 Å². The standard InChI is InChI=1S/C18H20N2O/c1-13(14-7-3-2-4-8-14)20-18(21)17-11-15-9-5-6-10-16(15)12-19-17/h2-10,13,17,19H,11-12H2,1H3,(H,20,21)/p+1/t13-,17+/m1/s1. The van der Waals surface area contributed by atoms with Crippen LogP contribution in [-0.4, -0.2) is 11.9 Å². The van der Waals surface area contributed by atoms with Crippen molar-refractivity contribution in [3.05, 3.63) is 71.3 Å². The third kappa shape index (κ3) is 3.14. The summed E-state index contributed by atoms with van der Waals surface area (Å²) >= 11 is 0. The highest BCUT2D eigenvalue weighted by Crippen LogP contribution is 2.14. The van der Waals surface area contributed by atoms with Crippen LogP contribution in [-0.2, 0) is 17.8 Å². The number of hydrogen-bond donors (Lipinski definition) is 2. The van der Waals surface area contributed by atoms with E-state index in [1.807, 2.05) is 43.3 Å². The molecule has 0 aromatic heterocycles. The molecule has 3 N–H and O–H groups in total. The summed E-state index contributed by atoms with van der Waals surface area (Å²) in [6, 6.07) is 18.5. The lowest BCUT2D eigenvalue weighted by molar-refractivity contribution is -0.695. The van der Waals surface area contributed by atoms with Crippen LogP contribution in [0, 0.1) is 0 Å². The maximum absolute atomic E-state index is 12.4. The van der Waals surface area contributed by atoms with Crippen LogP contribution in [0.25, 0.3) is 0 Å². The van der Waals surface area contributed by atoms with E-state index in [2.05, 4.69) is 28.8 Å². The molecule has 0 spiro atoms. The largest absolute Gasteiger partial charge is 0.344 e. The van der Waals surface area contributed by atoms with Crippen LogP contribution in [0.1, 0.15) is 29.7 Å². The molecule has 2 aromatic carbocycles. The van der Waals surface area contributed by atoms with Crippen molar-refractivity contribution in [2.75, 3.05) is 0 Å². The van der Waals surface area contributed by atoms with Gasteiger partial charge in [-0.05, 0) is 18.1 Å². The summed E-state index contributed by atoms with van der Waals surface area (Å²) < 4.78 is 0. The Labute approximate surface area is 125 Å². The number of benzene rings is 2. The molecule has 3 nitrogen and oxygen atoms in total. The van der Waals surface area contributed by atoms with E-state index in [1.165, 1.54) is 11.1 Å². The Kier molecular flexibility index (Phi) is 4.02. The Morgan fingerprint density at radius 2 is 1.76 bits per heavy atom. The Hall–Kier alpha value is -2.13. The van der Waals surface area contributed by atoms with E-state index >= 15 is 0 Å². The van der Waals surface area contributed by atoms with Crippen LogP contribution in [0.5, 0.6) is 0 Å². The highest BCUT2D eigenvalue weighted by atomic mass is 16.2. The molecule has 3 rings (SSSR count). The molecule has 2 aromatic rings. The van der Waals surface area contributed by atoms with Crippen molar-refractivity contribution in [1.29, 1.82) is 0 Å². The van der Waals surface area contributed by atoms with E-state index in [-0.39, 0.29) is 18.0 Å². The normalized spacial score (nSPS) is 18.6. The molecule has 108 valence electrons. The maximum atomic E-state index is 12.4. The molecular formula is C18H21N2O+. The SMILES string of the molecule is C[C@@H](NC(=O)[C@@H]1Cc2ccccc2C[NH2+]1)c1ccccc1. The van der Waals surface area contributed by atoms with E-state index < -0.39 is 0 Å². The number of nitrogens with one attached hydrogen (secondary N) is 1. The second-order valence-electron chi connectivity index (χ2n) is 5.66. The van der Waals surface area contributed by atoms with Crippen molar-refractivity contribution in [2.45, 2.75) is 32.0 Å². The highest BCUT2D eigenvalue weighted by Gasteiger charge is 2.28. The van der Waals surface area contributed by atoms with Gasteiger partial charge in [-0.25, -0.2) is 0 Å². The zero-order valence-corrected chi connectivity index (χ0v) is 12.3. The smallest absolute Gasteiger partial charge is 0.279 e. The van der Waals surface area contributed by atoms with Gasteiger partial charge >= 0.3 is 0 Å². The molecule has 2 atom stereocenters. The van der Waals surface area contributed by atoms with E-state index in [9.17, 15) is 4.79 Å². The average Bonchev–Trinajstić information content (AvgIpc) is 2.55. The first-order valence-corrected chi connectivity index (χ1v) is 7.49. The van der Waals surface area contributed by atoms with Crippen LogP contribution >= 0.6 is 0 Å². The summed E-state index contributed by atoms with van der Waals surface area (Å²) in [6.07, 6.45) is 0.809. The van der Waals surface area contributed by atoms with Gasteiger partial charge in [0.15, 0.2) is 6.04 Å².